The van der Waals surface area contributed by atoms with Crippen LogP contribution in [0.3, 0.4) is 0 Å². The summed E-state index contributed by atoms with van der Waals surface area (Å²) in [6, 6.07) is 1.89. The maximum Gasteiger partial charge on any atom is 0.410 e. The van der Waals surface area contributed by atoms with Gasteiger partial charge < -0.3 is 20.1 Å². The van der Waals surface area contributed by atoms with Crippen LogP contribution in [0.25, 0.3) is 0 Å². The largest absolute Gasteiger partial charge is 0.444 e. The van der Waals surface area contributed by atoms with Crippen LogP contribution in [0.5, 0.6) is 0 Å². The monoisotopic (exact) mass is 337 g/mol. The standard InChI is InChI=1S/C17H27N3O4/c1-15(2,3)24-14(22)20-11-5-8-17(23,12-20)16(6-4-7-16)13(21)19-10-9-18/h23H,4-8,10-12H2,1-3H3,(H,19,21)/t17-/m0/s1. The van der Waals surface area contributed by atoms with E-state index in [0.29, 0.717) is 32.2 Å². The summed E-state index contributed by atoms with van der Waals surface area (Å²) in [7, 11) is 0. The Morgan fingerprint density at radius 3 is 2.46 bits per heavy atom. The number of nitrogens with zero attached hydrogens (tertiary/aromatic N) is 2. The Balaban J connectivity index is 2.14. The van der Waals surface area contributed by atoms with Gasteiger partial charge in [-0.1, -0.05) is 6.42 Å². The SMILES string of the molecule is CC(C)(C)OC(=O)N1CCC[C@@](O)(C2(C(=O)NCC#N)CCC2)C1. The van der Waals surface area contributed by atoms with Gasteiger partial charge in [0, 0.05) is 6.54 Å². The number of β-amino-alcohol motifs (C(OH)–C–C–N with tert-alkyl or cyclic N) is 1. The molecule has 2 aliphatic rings. The van der Waals surface area contributed by atoms with E-state index in [0.717, 1.165) is 6.42 Å². The number of rotatable bonds is 3. The topological polar surface area (TPSA) is 103 Å². The van der Waals surface area contributed by atoms with E-state index >= 15 is 0 Å². The number of amides is 2. The van der Waals surface area contributed by atoms with Gasteiger partial charge in [-0.3, -0.25) is 4.79 Å². The minimum absolute atomic E-state index is 0.0769. The predicted molar refractivity (Wildman–Crippen MR) is 86.9 cm³/mol. The van der Waals surface area contributed by atoms with Crippen LogP contribution in [0.1, 0.15) is 52.9 Å². The zero-order chi connectivity index (χ0) is 18.0. The first kappa shape index (κ1) is 18.5. The van der Waals surface area contributed by atoms with Crippen molar-refractivity contribution in [3.05, 3.63) is 0 Å². The normalized spacial score (nSPS) is 26.0. The van der Waals surface area contributed by atoms with Crippen LogP contribution < -0.4 is 5.32 Å². The van der Waals surface area contributed by atoms with E-state index in [1.165, 1.54) is 4.90 Å². The summed E-state index contributed by atoms with van der Waals surface area (Å²) >= 11 is 0. The first-order valence-corrected chi connectivity index (χ1v) is 8.49. The molecule has 1 atom stereocenters. The lowest BCUT2D eigenvalue weighted by Gasteiger charge is -2.54. The third-order valence-electron chi connectivity index (χ3n) is 4.98. The van der Waals surface area contributed by atoms with E-state index in [1.54, 1.807) is 20.8 Å². The molecule has 7 nitrogen and oxygen atoms in total. The highest BCUT2D eigenvalue weighted by atomic mass is 16.6. The molecule has 1 aliphatic carbocycles. The van der Waals surface area contributed by atoms with Gasteiger partial charge in [0.2, 0.25) is 5.91 Å². The van der Waals surface area contributed by atoms with E-state index in [9.17, 15) is 14.7 Å². The minimum Gasteiger partial charge on any atom is -0.444 e. The molecule has 2 rings (SSSR count). The number of piperidine rings is 1. The van der Waals surface area contributed by atoms with Crippen LogP contribution in [-0.4, -0.2) is 52.8 Å². The molecule has 1 heterocycles. The van der Waals surface area contributed by atoms with E-state index in [1.807, 2.05) is 6.07 Å². The lowest BCUT2D eigenvalue weighted by molar-refractivity contribution is -0.178. The Kier molecular flexibility index (Phi) is 5.09. The third-order valence-corrected chi connectivity index (χ3v) is 4.98. The fourth-order valence-corrected chi connectivity index (χ4v) is 3.63. The molecule has 1 saturated carbocycles. The fraction of sp³-hybridized carbons (Fsp3) is 0.824. The molecule has 1 saturated heterocycles. The van der Waals surface area contributed by atoms with Crippen LogP contribution in [0, 0.1) is 16.7 Å². The number of likely N-dealkylation sites (tertiary alicyclic amines) is 1. The van der Waals surface area contributed by atoms with Crippen molar-refractivity contribution in [1.29, 1.82) is 5.26 Å². The predicted octanol–water partition coefficient (Wildman–Crippen LogP) is 1.56. The minimum atomic E-state index is -1.28. The van der Waals surface area contributed by atoms with Gasteiger partial charge in [0.25, 0.3) is 0 Å². The Morgan fingerprint density at radius 2 is 1.96 bits per heavy atom. The van der Waals surface area contributed by atoms with Crippen LogP contribution in [0.4, 0.5) is 4.79 Å². The molecule has 0 aromatic heterocycles. The highest BCUT2D eigenvalue weighted by molar-refractivity contribution is 5.85. The summed E-state index contributed by atoms with van der Waals surface area (Å²) in [5, 5.41) is 22.5. The second-order valence-electron chi connectivity index (χ2n) is 7.81. The zero-order valence-corrected chi connectivity index (χ0v) is 14.7. The summed E-state index contributed by atoms with van der Waals surface area (Å²) in [5.41, 5.74) is -2.80. The number of aliphatic hydroxyl groups is 1. The Hall–Kier alpha value is -1.81. The summed E-state index contributed by atoms with van der Waals surface area (Å²) in [6.45, 7) is 5.90. The van der Waals surface area contributed by atoms with Gasteiger partial charge in [-0.2, -0.15) is 5.26 Å². The van der Waals surface area contributed by atoms with Gasteiger partial charge >= 0.3 is 6.09 Å². The van der Waals surface area contributed by atoms with Crippen LogP contribution >= 0.6 is 0 Å². The zero-order valence-electron chi connectivity index (χ0n) is 14.7. The maximum atomic E-state index is 12.6. The molecule has 2 amide bonds. The molecule has 1 aliphatic heterocycles. The average Bonchev–Trinajstić information content (AvgIpc) is 2.41. The Labute approximate surface area is 142 Å². The van der Waals surface area contributed by atoms with Crippen LogP contribution in [0.15, 0.2) is 0 Å². The van der Waals surface area contributed by atoms with E-state index in [4.69, 9.17) is 10.00 Å². The van der Waals surface area contributed by atoms with Gasteiger partial charge in [0.05, 0.1) is 23.6 Å². The van der Waals surface area contributed by atoms with Crippen molar-refractivity contribution in [2.75, 3.05) is 19.6 Å². The molecule has 24 heavy (non-hydrogen) atoms. The van der Waals surface area contributed by atoms with Gasteiger partial charge in [0.1, 0.15) is 12.1 Å². The molecule has 0 spiro atoms. The molecule has 0 unspecified atom stereocenters. The molecule has 2 N–H and O–H groups in total. The van der Waals surface area contributed by atoms with E-state index in [-0.39, 0.29) is 19.0 Å². The Morgan fingerprint density at radius 1 is 1.29 bits per heavy atom. The first-order valence-electron chi connectivity index (χ1n) is 8.49. The molecule has 0 aromatic rings. The molecule has 2 fully saturated rings. The van der Waals surface area contributed by atoms with Gasteiger partial charge in [-0.05, 0) is 46.5 Å². The molecular formula is C17H27N3O4. The lowest BCUT2D eigenvalue weighted by Crippen LogP contribution is -2.66. The van der Waals surface area contributed by atoms with Crippen molar-refractivity contribution in [2.24, 2.45) is 5.41 Å². The summed E-state index contributed by atoms with van der Waals surface area (Å²) in [4.78, 5) is 26.4. The van der Waals surface area contributed by atoms with Crippen molar-refractivity contribution in [1.82, 2.24) is 10.2 Å². The molecule has 0 radical (unpaired) electrons. The van der Waals surface area contributed by atoms with Crippen molar-refractivity contribution < 1.29 is 19.4 Å². The summed E-state index contributed by atoms with van der Waals surface area (Å²) in [5.74, 6) is -0.288. The summed E-state index contributed by atoms with van der Waals surface area (Å²) < 4.78 is 5.39. The van der Waals surface area contributed by atoms with E-state index < -0.39 is 22.7 Å². The fourth-order valence-electron chi connectivity index (χ4n) is 3.63. The maximum absolute atomic E-state index is 12.6. The first-order chi connectivity index (χ1) is 11.1. The molecule has 7 heteroatoms. The Bertz CT molecular complexity index is 545. The number of hydrogen-bond donors (Lipinski definition) is 2. The van der Waals surface area contributed by atoms with E-state index in [2.05, 4.69) is 5.32 Å². The van der Waals surface area contributed by atoms with Crippen molar-refractivity contribution >= 4 is 12.0 Å². The van der Waals surface area contributed by atoms with Crippen molar-refractivity contribution in [3.8, 4) is 6.07 Å². The second kappa shape index (κ2) is 6.60. The number of ether oxygens (including phenoxy) is 1. The number of hydrogen-bond acceptors (Lipinski definition) is 5. The van der Waals surface area contributed by atoms with Gasteiger partial charge in [-0.15, -0.1) is 0 Å². The lowest BCUT2D eigenvalue weighted by atomic mass is 9.56. The molecule has 134 valence electrons. The average molecular weight is 337 g/mol. The van der Waals surface area contributed by atoms with Crippen molar-refractivity contribution in [3.63, 3.8) is 0 Å². The number of carbonyl (C=O) groups excluding carboxylic acids is 2. The number of nitriles is 1. The molecule has 0 aromatic carbocycles. The van der Waals surface area contributed by atoms with Crippen LogP contribution in [-0.2, 0) is 9.53 Å². The highest BCUT2D eigenvalue weighted by Crippen LogP contribution is 2.52. The van der Waals surface area contributed by atoms with Crippen molar-refractivity contribution in [2.45, 2.75) is 64.1 Å². The quantitative estimate of drug-likeness (QED) is 0.761. The molecule has 0 bridgehead atoms. The number of nitrogens with one attached hydrogen (secondary N) is 1. The third kappa shape index (κ3) is 3.48. The van der Waals surface area contributed by atoms with Crippen LogP contribution in [0.2, 0.25) is 0 Å². The summed E-state index contributed by atoms with van der Waals surface area (Å²) in [6.07, 6.45) is 2.61. The smallest absolute Gasteiger partial charge is 0.410 e. The second-order valence-corrected chi connectivity index (χ2v) is 7.81. The molecular weight excluding hydrogens is 310 g/mol. The van der Waals surface area contributed by atoms with Gasteiger partial charge in [0.15, 0.2) is 0 Å². The van der Waals surface area contributed by atoms with Gasteiger partial charge in [-0.25, -0.2) is 4.79 Å². The number of carbonyl (C=O) groups is 2. The highest BCUT2D eigenvalue weighted by Gasteiger charge is 2.60.